The van der Waals surface area contributed by atoms with Gasteiger partial charge in [-0.2, -0.15) is 5.26 Å². The van der Waals surface area contributed by atoms with E-state index in [9.17, 15) is 30.1 Å². The maximum atomic E-state index is 13.5. The average Bonchev–Trinajstić information content (AvgIpc) is 2.95. The molecule has 0 saturated carbocycles. The fourth-order valence-corrected chi connectivity index (χ4v) is 3.89. The summed E-state index contributed by atoms with van der Waals surface area (Å²) >= 11 is 0. The predicted molar refractivity (Wildman–Crippen MR) is 155 cm³/mol. The topological polar surface area (TPSA) is 178 Å². The minimum absolute atomic E-state index is 0.0526. The normalized spacial score (nSPS) is 13.1. The summed E-state index contributed by atoms with van der Waals surface area (Å²) in [7, 11) is 0. The fraction of sp³-hybridized carbons (Fsp3) is 0.258. The lowest BCUT2D eigenvalue weighted by atomic mass is 9.94. The number of nitrogens with zero attached hydrogens (tertiary/aromatic N) is 2. The highest BCUT2D eigenvalue weighted by atomic mass is 16.6. The standard InChI is InChI=1S/C31H32N4O7/c1-31(2,3)42-30(38)34-27(28(36)25(18-32)22-11-13-23(14-12-22)35(39)40)29(37)26(33)17-20-9-15-24(16-10-20)41-19-21-7-5-4-6-8-21/h4-16,26-27,36H,17,19,33H2,1-3H3,(H,34,38)/b28-25-/t26?,27-/m1/s1. The first-order valence-corrected chi connectivity index (χ1v) is 13.0. The summed E-state index contributed by atoms with van der Waals surface area (Å²) in [4.78, 5) is 36.5. The number of nitro benzene ring substituents is 1. The summed E-state index contributed by atoms with van der Waals surface area (Å²) in [5, 5.41) is 34.2. The van der Waals surface area contributed by atoms with Gasteiger partial charge in [0.15, 0.2) is 11.8 Å². The van der Waals surface area contributed by atoms with Crippen LogP contribution in [-0.2, 0) is 22.6 Å². The van der Waals surface area contributed by atoms with Crippen molar-refractivity contribution in [2.45, 2.75) is 51.5 Å². The van der Waals surface area contributed by atoms with Gasteiger partial charge in [0, 0.05) is 12.1 Å². The van der Waals surface area contributed by atoms with Gasteiger partial charge in [-0.15, -0.1) is 0 Å². The number of nitrogens with two attached hydrogens (primary N) is 1. The minimum atomic E-state index is -1.73. The van der Waals surface area contributed by atoms with Gasteiger partial charge >= 0.3 is 6.09 Å². The van der Waals surface area contributed by atoms with Gasteiger partial charge in [0.1, 0.15) is 29.8 Å². The van der Waals surface area contributed by atoms with Crippen LogP contribution in [0.2, 0.25) is 0 Å². The molecule has 1 amide bonds. The Morgan fingerprint density at radius 2 is 1.64 bits per heavy atom. The Balaban J connectivity index is 1.82. The first-order valence-electron chi connectivity index (χ1n) is 13.0. The molecule has 0 aromatic heterocycles. The van der Waals surface area contributed by atoms with E-state index in [1.807, 2.05) is 30.3 Å². The highest BCUT2D eigenvalue weighted by Crippen LogP contribution is 2.23. The van der Waals surface area contributed by atoms with E-state index < -0.39 is 40.2 Å². The molecule has 3 aromatic carbocycles. The molecule has 0 fully saturated rings. The number of benzene rings is 3. The van der Waals surface area contributed by atoms with Crippen molar-refractivity contribution in [1.82, 2.24) is 5.32 Å². The van der Waals surface area contributed by atoms with Gasteiger partial charge in [-0.3, -0.25) is 14.9 Å². The molecule has 0 saturated heterocycles. The van der Waals surface area contributed by atoms with E-state index in [0.717, 1.165) is 17.7 Å². The van der Waals surface area contributed by atoms with E-state index in [1.54, 1.807) is 51.1 Å². The van der Waals surface area contributed by atoms with E-state index in [-0.39, 0.29) is 23.2 Å². The van der Waals surface area contributed by atoms with Crippen LogP contribution in [-0.4, -0.2) is 39.6 Å². The molecule has 2 atom stereocenters. The Morgan fingerprint density at radius 1 is 1.02 bits per heavy atom. The highest BCUT2D eigenvalue weighted by Gasteiger charge is 2.33. The molecule has 0 spiro atoms. The van der Waals surface area contributed by atoms with Crippen LogP contribution in [0.4, 0.5) is 10.5 Å². The van der Waals surface area contributed by atoms with Gasteiger partial charge in [0.25, 0.3) is 5.69 Å². The predicted octanol–water partition coefficient (Wildman–Crippen LogP) is 5.00. The Morgan fingerprint density at radius 3 is 2.19 bits per heavy atom. The van der Waals surface area contributed by atoms with E-state index >= 15 is 0 Å². The van der Waals surface area contributed by atoms with Gasteiger partial charge in [-0.25, -0.2) is 4.79 Å². The number of non-ortho nitro benzene ring substituents is 1. The molecule has 0 aliphatic carbocycles. The number of allylic oxidation sites excluding steroid dienone is 1. The molecule has 11 heteroatoms. The quantitative estimate of drug-likeness (QED) is 0.123. The number of rotatable bonds is 11. The van der Waals surface area contributed by atoms with Gasteiger partial charge in [0.05, 0.1) is 16.5 Å². The Hall–Kier alpha value is -5.21. The highest BCUT2D eigenvalue weighted by molar-refractivity contribution is 5.96. The molecule has 218 valence electrons. The van der Waals surface area contributed by atoms with Crippen LogP contribution in [0.25, 0.3) is 5.57 Å². The lowest BCUT2D eigenvalue weighted by Crippen LogP contribution is -2.51. The van der Waals surface area contributed by atoms with Gasteiger partial charge < -0.3 is 25.6 Å². The Kier molecular flexibility index (Phi) is 10.4. The van der Waals surface area contributed by atoms with E-state index in [1.165, 1.54) is 12.1 Å². The maximum absolute atomic E-state index is 13.5. The number of hydrogen-bond donors (Lipinski definition) is 3. The number of hydrogen-bond acceptors (Lipinski definition) is 9. The van der Waals surface area contributed by atoms with E-state index in [4.69, 9.17) is 15.2 Å². The molecule has 0 radical (unpaired) electrons. The first-order chi connectivity index (χ1) is 19.9. The second-order valence-electron chi connectivity index (χ2n) is 10.4. The number of aliphatic hydroxyl groups excluding tert-OH is 1. The summed E-state index contributed by atoms with van der Waals surface area (Å²) in [6, 6.07) is 20.3. The molecule has 3 aromatic rings. The van der Waals surface area contributed by atoms with Crippen molar-refractivity contribution in [3.05, 3.63) is 111 Å². The van der Waals surface area contributed by atoms with Crippen LogP contribution in [0.5, 0.6) is 5.75 Å². The largest absolute Gasteiger partial charge is 0.508 e. The lowest BCUT2D eigenvalue weighted by Gasteiger charge is -2.25. The molecule has 0 aliphatic heterocycles. The van der Waals surface area contributed by atoms with Crippen LogP contribution in [0.3, 0.4) is 0 Å². The Labute approximate surface area is 243 Å². The SMILES string of the molecule is CC(C)(C)OC(=O)N[C@@H](C(=O)C(N)Cc1ccc(OCc2ccccc2)cc1)/C(O)=C(\C#N)c1ccc([N+](=O)[O-])cc1. The molecule has 0 heterocycles. The zero-order chi connectivity index (χ0) is 30.9. The number of amides is 1. The number of carbonyl (C=O) groups is 2. The van der Waals surface area contributed by atoms with Crippen molar-refractivity contribution in [2.24, 2.45) is 5.73 Å². The number of Topliss-reactive ketones (excluding diaryl/α,β-unsaturated/α-hetero) is 1. The number of nitriles is 1. The Bertz CT molecular complexity index is 1470. The van der Waals surface area contributed by atoms with Gasteiger partial charge in [-0.05, 0) is 68.1 Å². The second-order valence-corrected chi connectivity index (χ2v) is 10.4. The minimum Gasteiger partial charge on any atom is -0.508 e. The molecule has 0 bridgehead atoms. The second kappa shape index (κ2) is 13.9. The van der Waals surface area contributed by atoms with Crippen LogP contribution in [0, 0.1) is 21.4 Å². The summed E-state index contributed by atoms with van der Waals surface area (Å²) < 4.78 is 11.0. The molecular formula is C31H32N4O7. The fourth-order valence-electron chi connectivity index (χ4n) is 3.89. The third-order valence-electron chi connectivity index (χ3n) is 5.95. The van der Waals surface area contributed by atoms with Crippen molar-refractivity contribution in [1.29, 1.82) is 5.26 Å². The summed E-state index contributed by atoms with van der Waals surface area (Å²) in [5.41, 5.74) is 6.52. The van der Waals surface area contributed by atoms with Gasteiger partial charge in [0.2, 0.25) is 0 Å². The maximum Gasteiger partial charge on any atom is 0.408 e. The number of ketones is 1. The monoisotopic (exact) mass is 572 g/mol. The number of nitro groups is 1. The smallest absolute Gasteiger partial charge is 0.408 e. The van der Waals surface area contributed by atoms with Crippen molar-refractivity contribution in [2.75, 3.05) is 0 Å². The molecule has 4 N–H and O–H groups in total. The van der Waals surface area contributed by atoms with E-state index in [2.05, 4.69) is 5.32 Å². The number of nitrogens with one attached hydrogen (secondary N) is 1. The van der Waals surface area contributed by atoms with Crippen LogP contribution < -0.4 is 15.8 Å². The van der Waals surface area contributed by atoms with E-state index in [0.29, 0.717) is 17.9 Å². The van der Waals surface area contributed by atoms with Crippen LogP contribution >= 0.6 is 0 Å². The third kappa shape index (κ3) is 8.90. The zero-order valence-electron chi connectivity index (χ0n) is 23.4. The number of ether oxygens (including phenoxy) is 2. The lowest BCUT2D eigenvalue weighted by molar-refractivity contribution is -0.384. The molecule has 3 rings (SSSR count). The van der Waals surface area contributed by atoms with Crippen molar-refractivity contribution >= 4 is 23.1 Å². The first kappa shape index (κ1) is 31.3. The zero-order valence-corrected chi connectivity index (χ0v) is 23.4. The molecule has 0 aliphatic rings. The van der Waals surface area contributed by atoms with Crippen LogP contribution in [0.15, 0.2) is 84.6 Å². The number of alkyl carbamates (subject to hydrolysis) is 1. The molecule has 1 unspecified atom stereocenters. The average molecular weight is 573 g/mol. The third-order valence-corrected chi connectivity index (χ3v) is 5.95. The van der Waals surface area contributed by atoms with Gasteiger partial charge in [-0.1, -0.05) is 42.5 Å². The summed E-state index contributed by atoms with van der Waals surface area (Å²) in [6.45, 7) is 5.25. The summed E-state index contributed by atoms with van der Waals surface area (Å²) in [5.74, 6) is -0.936. The molecule has 11 nitrogen and oxygen atoms in total. The van der Waals surface area contributed by atoms with Crippen LogP contribution in [0.1, 0.15) is 37.5 Å². The molecule has 42 heavy (non-hydrogen) atoms. The molecular weight excluding hydrogens is 540 g/mol. The summed E-state index contributed by atoms with van der Waals surface area (Å²) in [6.07, 6.45) is -0.961. The van der Waals surface area contributed by atoms with Crippen molar-refractivity contribution < 1.29 is 29.1 Å². The number of aliphatic hydroxyl groups is 1. The van der Waals surface area contributed by atoms with Crippen molar-refractivity contribution in [3.8, 4) is 11.8 Å². The van der Waals surface area contributed by atoms with Crippen molar-refractivity contribution in [3.63, 3.8) is 0 Å². The number of carbonyl (C=O) groups excluding carboxylic acids is 2.